The molecular weight excluding hydrogens is 240 g/mol. The lowest BCUT2D eigenvalue weighted by atomic mass is 9.75. The van der Waals surface area contributed by atoms with Crippen molar-refractivity contribution in [3.8, 4) is 0 Å². The summed E-state index contributed by atoms with van der Waals surface area (Å²) in [4.78, 5) is 15.1. The molecule has 110 valence electrons. The van der Waals surface area contributed by atoms with Crippen LogP contribution in [-0.2, 0) is 4.79 Å². The number of aliphatic hydroxyl groups is 1. The minimum atomic E-state index is -0.193. The van der Waals surface area contributed by atoms with Gasteiger partial charge in [0, 0.05) is 25.7 Å². The van der Waals surface area contributed by atoms with Gasteiger partial charge in [0.1, 0.15) is 0 Å². The summed E-state index contributed by atoms with van der Waals surface area (Å²) in [5.41, 5.74) is -0.193. The Morgan fingerprint density at radius 3 is 2.89 bits per heavy atom. The number of hydrogen-bond donors (Lipinski definition) is 2. The van der Waals surface area contributed by atoms with Gasteiger partial charge >= 0.3 is 0 Å². The van der Waals surface area contributed by atoms with E-state index in [1.165, 1.54) is 0 Å². The van der Waals surface area contributed by atoms with Crippen molar-refractivity contribution in [2.75, 3.05) is 26.2 Å². The summed E-state index contributed by atoms with van der Waals surface area (Å²) in [7, 11) is 0. The van der Waals surface area contributed by atoms with Gasteiger partial charge in [0.25, 0.3) is 0 Å². The molecule has 0 aromatic rings. The quantitative estimate of drug-likeness (QED) is 0.792. The van der Waals surface area contributed by atoms with Crippen molar-refractivity contribution in [2.45, 2.75) is 52.0 Å². The standard InChI is InChI=1S/C15H28N2O2/c1-12(2)15(7-8-16-11-15)14(19)17-9-3-5-13(17)6-4-10-18/h12-13,16,18H,3-11H2,1-2H3. The second kappa shape index (κ2) is 6.23. The van der Waals surface area contributed by atoms with E-state index in [9.17, 15) is 4.79 Å². The Bertz CT molecular complexity index is 311. The van der Waals surface area contributed by atoms with E-state index >= 15 is 0 Å². The van der Waals surface area contributed by atoms with Crippen LogP contribution in [0.15, 0.2) is 0 Å². The highest BCUT2D eigenvalue weighted by molar-refractivity contribution is 5.84. The number of aliphatic hydroxyl groups excluding tert-OH is 1. The second-order valence-electron chi connectivity index (χ2n) is 6.40. The molecule has 2 unspecified atom stereocenters. The SMILES string of the molecule is CC(C)C1(C(=O)N2CCCC2CCCO)CCNC1. The fraction of sp³-hybridized carbons (Fsp3) is 0.933. The Labute approximate surface area is 116 Å². The van der Waals surface area contributed by atoms with Crippen LogP contribution >= 0.6 is 0 Å². The van der Waals surface area contributed by atoms with Crippen molar-refractivity contribution in [3.05, 3.63) is 0 Å². The number of hydrogen-bond acceptors (Lipinski definition) is 3. The fourth-order valence-corrected chi connectivity index (χ4v) is 3.65. The van der Waals surface area contributed by atoms with Gasteiger partial charge in [-0.2, -0.15) is 0 Å². The third-order valence-electron chi connectivity index (χ3n) is 5.05. The molecule has 0 saturated carbocycles. The molecule has 0 aromatic heterocycles. The molecule has 2 aliphatic heterocycles. The van der Waals surface area contributed by atoms with Gasteiger partial charge < -0.3 is 15.3 Å². The van der Waals surface area contributed by atoms with Gasteiger partial charge in [-0.15, -0.1) is 0 Å². The van der Waals surface area contributed by atoms with Gasteiger partial charge in [0.2, 0.25) is 5.91 Å². The number of nitrogens with one attached hydrogen (secondary N) is 1. The van der Waals surface area contributed by atoms with Crippen molar-refractivity contribution in [1.82, 2.24) is 10.2 Å². The predicted octanol–water partition coefficient (Wildman–Crippen LogP) is 1.39. The Morgan fingerprint density at radius 2 is 2.32 bits per heavy atom. The molecule has 4 nitrogen and oxygen atoms in total. The molecule has 1 amide bonds. The Hall–Kier alpha value is -0.610. The summed E-state index contributed by atoms with van der Waals surface area (Å²) >= 11 is 0. The highest BCUT2D eigenvalue weighted by Crippen LogP contribution is 2.38. The maximum Gasteiger partial charge on any atom is 0.230 e. The van der Waals surface area contributed by atoms with Gasteiger partial charge in [0.05, 0.1) is 5.41 Å². The van der Waals surface area contributed by atoms with E-state index in [1.807, 2.05) is 0 Å². The molecule has 2 fully saturated rings. The van der Waals surface area contributed by atoms with Gasteiger partial charge in [-0.25, -0.2) is 0 Å². The van der Waals surface area contributed by atoms with Gasteiger partial charge in [-0.1, -0.05) is 13.8 Å². The highest BCUT2D eigenvalue weighted by Gasteiger charge is 2.47. The first-order valence-electron chi connectivity index (χ1n) is 7.74. The molecule has 0 aromatic carbocycles. The van der Waals surface area contributed by atoms with Gasteiger partial charge in [-0.3, -0.25) is 4.79 Å². The van der Waals surface area contributed by atoms with Crippen molar-refractivity contribution >= 4 is 5.91 Å². The summed E-state index contributed by atoms with van der Waals surface area (Å²) in [5.74, 6) is 0.738. The van der Waals surface area contributed by atoms with Crippen LogP contribution in [0.3, 0.4) is 0 Å². The third-order valence-corrected chi connectivity index (χ3v) is 5.05. The zero-order valence-corrected chi connectivity index (χ0v) is 12.3. The van der Waals surface area contributed by atoms with E-state index in [2.05, 4.69) is 24.1 Å². The average molecular weight is 268 g/mol. The Balaban J connectivity index is 2.08. The van der Waals surface area contributed by atoms with Crippen LogP contribution in [0.5, 0.6) is 0 Å². The molecule has 2 aliphatic rings. The van der Waals surface area contributed by atoms with Gasteiger partial charge in [-0.05, 0) is 44.6 Å². The summed E-state index contributed by atoms with van der Waals surface area (Å²) in [6.45, 7) is 7.26. The van der Waals surface area contributed by atoms with E-state index in [1.54, 1.807) is 0 Å². The minimum absolute atomic E-state index is 0.193. The van der Waals surface area contributed by atoms with Crippen LogP contribution in [0.2, 0.25) is 0 Å². The van der Waals surface area contributed by atoms with Crippen molar-refractivity contribution in [3.63, 3.8) is 0 Å². The number of rotatable bonds is 5. The molecule has 2 atom stereocenters. The molecule has 0 spiro atoms. The fourth-order valence-electron chi connectivity index (χ4n) is 3.65. The van der Waals surface area contributed by atoms with E-state index in [0.29, 0.717) is 17.9 Å². The molecule has 0 radical (unpaired) electrons. The lowest BCUT2D eigenvalue weighted by Crippen LogP contribution is -2.50. The molecule has 2 N–H and O–H groups in total. The largest absolute Gasteiger partial charge is 0.396 e. The third kappa shape index (κ3) is 2.79. The number of carbonyl (C=O) groups is 1. The summed E-state index contributed by atoms with van der Waals surface area (Å²) < 4.78 is 0. The van der Waals surface area contributed by atoms with E-state index in [0.717, 1.165) is 51.7 Å². The Morgan fingerprint density at radius 1 is 1.53 bits per heavy atom. The summed E-state index contributed by atoms with van der Waals surface area (Å²) in [5, 5.41) is 12.4. The van der Waals surface area contributed by atoms with Crippen LogP contribution < -0.4 is 5.32 Å². The lowest BCUT2D eigenvalue weighted by molar-refractivity contribution is -0.144. The highest BCUT2D eigenvalue weighted by atomic mass is 16.3. The predicted molar refractivity (Wildman–Crippen MR) is 75.8 cm³/mol. The summed E-state index contributed by atoms with van der Waals surface area (Å²) in [6.07, 6.45) is 4.94. The molecule has 2 rings (SSSR count). The average Bonchev–Trinajstić information content (AvgIpc) is 3.05. The maximum absolute atomic E-state index is 13.0. The zero-order chi connectivity index (χ0) is 13.9. The molecule has 2 heterocycles. The number of likely N-dealkylation sites (tertiary alicyclic amines) is 1. The molecular formula is C15H28N2O2. The van der Waals surface area contributed by atoms with E-state index in [-0.39, 0.29) is 12.0 Å². The first-order valence-corrected chi connectivity index (χ1v) is 7.74. The van der Waals surface area contributed by atoms with Crippen molar-refractivity contribution in [1.29, 1.82) is 0 Å². The minimum Gasteiger partial charge on any atom is -0.396 e. The van der Waals surface area contributed by atoms with Crippen LogP contribution in [0.25, 0.3) is 0 Å². The monoisotopic (exact) mass is 268 g/mol. The van der Waals surface area contributed by atoms with Crippen LogP contribution in [0, 0.1) is 11.3 Å². The van der Waals surface area contributed by atoms with E-state index in [4.69, 9.17) is 5.11 Å². The zero-order valence-electron chi connectivity index (χ0n) is 12.3. The summed E-state index contributed by atoms with van der Waals surface area (Å²) in [6, 6.07) is 0.357. The number of carbonyl (C=O) groups excluding carboxylic acids is 1. The topological polar surface area (TPSA) is 52.6 Å². The smallest absolute Gasteiger partial charge is 0.230 e. The molecule has 2 saturated heterocycles. The number of nitrogens with zero attached hydrogens (tertiary/aromatic N) is 1. The first-order chi connectivity index (χ1) is 9.12. The van der Waals surface area contributed by atoms with E-state index < -0.39 is 0 Å². The van der Waals surface area contributed by atoms with Crippen LogP contribution in [0.4, 0.5) is 0 Å². The van der Waals surface area contributed by atoms with Crippen molar-refractivity contribution < 1.29 is 9.90 Å². The first kappa shape index (κ1) is 14.8. The molecule has 4 heteroatoms. The second-order valence-corrected chi connectivity index (χ2v) is 6.40. The maximum atomic E-state index is 13.0. The normalized spacial score (nSPS) is 31.4. The van der Waals surface area contributed by atoms with Crippen molar-refractivity contribution in [2.24, 2.45) is 11.3 Å². The molecule has 0 bridgehead atoms. The number of amides is 1. The molecule has 0 aliphatic carbocycles. The molecule has 19 heavy (non-hydrogen) atoms. The Kier molecular flexibility index (Phi) is 4.85. The van der Waals surface area contributed by atoms with Gasteiger partial charge in [0.15, 0.2) is 0 Å². The van der Waals surface area contributed by atoms with Crippen LogP contribution in [0.1, 0.15) is 46.0 Å². The lowest BCUT2D eigenvalue weighted by Gasteiger charge is -2.37. The van der Waals surface area contributed by atoms with Crippen LogP contribution in [-0.4, -0.2) is 48.2 Å².